The van der Waals surface area contributed by atoms with Crippen molar-refractivity contribution in [3.63, 3.8) is 0 Å². The van der Waals surface area contributed by atoms with E-state index in [0.717, 1.165) is 31.5 Å². The summed E-state index contributed by atoms with van der Waals surface area (Å²) in [6, 6.07) is 1.42. The molecule has 20 heavy (non-hydrogen) atoms. The van der Waals surface area contributed by atoms with Crippen molar-refractivity contribution in [3.8, 4) is 0 Å². The lowest BCUT2D eigenvalue weighted by molar-refractivity contribution is 0.0476. The Hall–Kier alpha value is -1.00. The number of rotatable bonds is 3. The number of halogens is 1. The minimum Gasteiger partial charge on any atom is -0.322 e. The van der Waals surface area contributed by atoms with Crippen LogP contribution >= 0.6 is 0 Å². The number of nitrogens with two attached hydrogens (primary N) is 1. The van der Waals surface area contributed by atoms with Gasteiger partial charge in [0.1, 0.15) is 5.82 Å². The van der Waals surface area contributed by atoms with Gasteiger partial charge in [0.05, 0.1) is 6.20 Å². The van der Waals surface area contributed by atoms with Gasteiger partial charge in [-0.15, -0.1) is 0 Å². The van der Waals surface area contributed by atoms with Crippen molar-refractivity contribution in [3.05, 3.63) is 29.8 Å². The van der Waals surface area contributed by atoms with E-state index in [9.17, 15) is 4.39 Å². The van der Waals surface area contributed by atoms with Crippen molar-refractivity contribution in [1.29, 1.82) is 0 Å². The molecule has 2 fully saturated rings. The molecule has 1 saturated heterocycles. The van der Waals surface area contributed by atoms with Crippen LogP contribution in [0.25, 0.3) is 0 Å². The molecule has 3 nitrogen and oxygen atoms in total. The molecular weight excluding hydrogens is 253 g/mol. The topological polar surface area (TPSA) is 42.1 Å². The molecule has 1 aromatic heterocycles. The van der Waals surface area contributed by atoms with Crippen LogP contribution < -0.4 is 5.73 Å². The zero-order valence-electron chi connectivity index (χ0n) is 12.0. The van der Waals surface area contributed by atoms with Crippen molar-refractivity contribution in [2.24, 2.45) is 5.73 Å². The molecule has 110 valence electrons. The standard InChI is InChI=1S/C16H24FN3/c17-14-10-13(11-19-12-14)15(18)16(6-2-3-7-16)20-8-4-1-5-9-20/h10-12,15H,1-9,18H2. The van der Waals surface area contributed by atoms with Gasteiger partial charge < -0.3 is 5.73 Å². The summed E-state index contributed by atoms with van der Waals surface area (Å²) >= 11 is 0. The number of piperidine rings is 1. The molecule has 4 heteroatoms. The molecule has 1 atom stereocenters. The lowest BCUT2D eigenvalue weighted by Crippen LogP contribution is -2.55. The molecular formula is C16H24FN3. The zero-order valence-corrected chi connectivity index (χ0v) is 12.0. The van der Waals surface area contributed by atoms with Gasteiger partial charge in [0.2, 0.25) is 0 Å². The highest BCUT2D eigenvalue weighted by molar-refractivity contribution is 5.21. The molecule has 0 radical (unpaired) electrons. The second-order valence-electron chi connectivity index (χ2n) is 6.27. The second-order valence-corrected chi connectivity index (χ2v) is 6.27. The fraction of sp³-hybridized carbons (Fsp3) is 0.688. The summed E-state index contributed by atoms with van der Waals surface area (Å²) in [7, 11) is 0. The summed E-state index contributed by atoms with van der Waals surface area (Å²) in [5.74, 6) is -0.287. The number of hydrogen-bond acceptors (Lipinski definition) is 3. The molecule has 3 rings (SSSR count). The quantitative estimate of drug-likeness (QED) is 0.923. The first-order chi connectivity index (χ1) is 9.72. The molecule has 1 saturated carbocycles. The SMILES string of the molecule is NC(c1cncc(F)c1)C1(N2CCCCC2)CCCC1. The third-order valence-corrected chi connectivity index (χ3v) is 5.12. The van der Waals surface area contributed by atoms with Gasteiger partial charge in [0.15, 0.2) is 0 Å². The molecule has 1 aliphatic heterocycles. The van der Waals surface area contributed by atoms with Crippen LogP contribution in [0.5, 0.6) is 0 Å². The Labute approximate surface area is 120 Å². The third kappa shape index (κ3) is 2.47. The zero-order chi connectivity index (χ0) is 14.0. The first-order valence-electron chi connectivity index (χ1n) is 7.83. The van der Waals surface area contributed by atoms with E-state index in [1.807, 2.05) is 0 Å². The van der Waals surface area contributed by atoms with E-state index in [4.69, 9.17) is 5.73 Å². The van der Waals surface area contributed by atoms with Gasteiger partial charge in [-0.05, 0) is 50.4 Å². The van der Waals surface area contributed by atoms with Crippen LogP contribution in [-0.4, -0.2) is 28.5 Å². The average molecular weight is 277 g/mol. The minimum absolute atomic E-state index is 0.0237. The first-order valence-corrected chi connectivity index (χ1v) is 7.83. The van der Waals surface area contributed by atoms with Crippen molar-refractivity contribution in [2.45, 2.75) is 56.5 Å². The fourth-order valence-electron chi connectivity index (χ4n) is 4.06. The highest BCUT2D eigenvalue weighted by atomic mass is 19.1. The minimum atomic E-state index is -0.287. The average Bonchev–Trinajstić information content (AvgIpc) is 2.98. The molecule has 1 aliphatic carbocycles. The molecule has 0 bridgehead atoms. The van der Waals surface area contributed by atoms with Gasteiger partial charge in [-0.2, -0.15) is 0 Å². The molecule has 1 unspecified atom stereocenters. The van der Waals surface area contributed by atoms with Crippen molar-refractivity contribution in [1.82, 2.24) is 9.88 Å². The number of hydrogen-bond donors (Lipinski definition) is 1. The van der Waals surface area contributed by atoms with E-state index in [-0.39, 0.29) is 17.4 Å². The van der Waals surface area contributed by atoms with E-state index in [1.165, 1.54) is 38.3 Å². The van der Waals surface area contributed by atoms with Crippen LogP contribution in [0, 0.1) is 5.82 Å². The Morgan fingerprint density at radius 3 is 2.45 bits per heavy atom. The summed E-state index contributed by atoms with van der Waals surface area (Å²) < 4.78 is 13.4. The Balaban J connectivity index is 1.89. The highest BCUT2D eigenvalue weighted by Crippen LogP contribution is 2.44. The summed E-state index contributed by atoms with van der Waals surface area (Å²) in [6.45, 7) is 2.27. The van der Waals surface area contributed by atoms with Crippen LogP contribution in [0.2, 0.25) is 0 Å². The monoisotopic (exact) mass is 277 g/mol. The van der Waals surface area contributed by atoms with Crippen molar-refractivity contribution in [2.75, 3.05) is 13.1 Å². The Morgan fingerprint density at radius 1 is 1.10 bits per heavy atom. The number of likely N-dealkylation sites (tertiary alicyclic amines) is 1. The Morgan fingerprint density at radius 2 is 1.80 bits per heavy atom. The van der Waals surface area contributed by atoms with Gasteiger partial charge in [-0.25, -0.2) is 4.39 Å². The molecule has 0 spiro atoms. The molecule has 2 aliphatic rings. The molecule has 2 N–H and O–H groups in total. The third-order valence-electron chi connectivity index (χ3n) is 5.12. The van der Waals surface area contributed by atoms with Gasteiger partial charge in [-0.3, -0.25) is 9.88 Å². The Bertz CT molecular complexity index is 451. The lowest BCUT2D eigenvalue weighted by atomic mass is 9.82. The molecule has 2 heterocycles. The maximum absolute atomic E-state index is 13.4. The van der Waals surface area contributed by atoms with Crippen LogP contribution in [0.3, 0.4) is 0 Å². The first kappa shape index (κ1) is 14.0. The van der Waals surface area contributed by atoms with Crippen LogP contribution in [-0.2, 0) is 0 Å². The fourth-order valence-corrected chi connectivity index (χ4v) is 4.06. The summed E-state index contributed by atoms with van der Waals surface area (Å²) in [5.41, 5.74) is 7.46. The largest absolute Gasteiger partial charge is 0.322 e. The van der Waals surface area contributed by atoms with Crippen LogP contribution in [0.15, 0.2) is 18.5 Å². The molecule has 0 aromatic carbocycles. The van der Waals surface area contributed by atoms with E-state index >= 15 is 0 Å². The smallest absolute Gasteiger partial charge is 0.141 e. The van der Waals surface area contributed by atoms with Gasteiger partial charge in [-0.1, -0.05) is 19.3 Å². The van der Waals surface area contributed by atoms with E-state index in [1.54, 1.807) is 12.3 Å². The summed E-state index contributed by atoms with van der Waals surface area (Å²) in [4.78, 5) is 6.56. The number of nitrogens with zero attached hydrogens (tertiary/aromatic N) is 2. The summed E-state index contributed by atoms with van der Waals surface area (Å²) in [5, 5.41) is 0. The summed E-state index contributed by atoms with van der Waals surface area (Å²) in [6.07, 6.45) is 11.5. The molecule has 0 amide bonds. The predicted octanol–water partition coefficient (Wildman–Crippen LogP) is 3.02. The van der Waals surface area contributed by atoms with E-state index in [2.05, 4.69) is 9.88 Å². The normalized spacial score (nSPS) is 24.7. The van der Waals surface area contributed by atoms with Gasteiger partial charge >= 0.3 is 0 Å². The van der Waals surface area contributed by atoms with E-state index < -0.39 is 0 Å². The predicted molar refractivity (Wildman–Crippen MR) is 77.7 cm³/mol. The van der Waals surface area contributed by atoms with Crippen molar-refractivity contribution < 1.29 is 4.39 Å². The maximum atomic E-state index is 13.4. The number of aromatic nitrogens is 1. The lowest BCUT2D eigenvalue weighted by Gasteiger charge is -2.47. The highest BCUT2D eigenvalue weighted by Gasteiger charge is 2.45. The second kappa shape index (κ2) is 5.78. The van der Waals surface area contributed by atoms with Crippen LogP contribution in [0.4, 0.5) is 4.39 Å². The van der Waals surface area contributed by atoms with E-state index in [0.29, 0.717) is 0 Å². The molecule has 1 aromatic rings. The van der Waals surface area contributed by atoms with Gasteiger partial charge in [0, 0.05) is 17.8 Å². The Kier molecular flexibility index (Phi) is 4.03. The van der Waals surface area contributed by atoms with Gasteiger partial charge in [0.25, 0.3) is 0 Å². The maximum Gasteiger partial charge on any atom is 0.141 e. The van der Waals surface area contributed by atoms with Crippen LogP contribution in [0.1, 0.15) is 56.6 Å². The van der Waals surface area contributed by atoms with Crippen molar-refractivity contribution >= 4 is 0 Å². The number of pyridine rings is 1.